The van der Waals surface area contributed by atoms with Gasteiger partial charge < -0.3 is 15.1 Å². The van der Waals surface area contributed by atoms with Crippen LogP contribution in [0.2, 0.25) is 5.02 Å². The van der Waals surface area contributed by atoms with E-state index in [0.29, 0.717) is 50.0 Å². The fourth-order valence-electron chi connectivity index (χ4n) is 2.98. The first-order valence-corrected chi connectivity index (χ1v) is 9.64. The van der Waals surface area contributed by atoms with Crippen LogP contribution in [0.3, 0.4) is 0 Å². The van der Waals surface area contributed by atoms with Crippen molar-refractivity contribution < 1.29 is 9.59 Å². The fraction of sp³-hybridized carbons (Fsp3) is 0.389. The minimum absolute atomic E-state index is 0.0619. The monoisotopic (exact) mass is 438 g/mol. The van der Waals surface area contributed by atoms with Gasteiger partial charge in [0.05, 0.1) is 10.5 Å². The SMILES string of the molecule is CC(=O)N1CCN(C(=O)CCNc2ccc3cc(Br)cc(Cl)c3n2)CC1. The minimum Gasteiger partial charge on any atom is -0.370 e. The van der Waals surface area contributed by atoms with Gasteiger partial charge in [-0.3, -0.25) is 9.59 Å². The molecule has 0 aliphatic carbocycles. The van der Waals surface area contributed by atoms with Crippen LogP contribution in [0, 0.1) is 0 Å². The predicted octanol–water partition coefficient (Wildman–Crippen LogP) is 3.14. The second kappa shape index (κ2) is 8.22. The first-order valence-electron chi connectivity index (χ1n) is 8.47. The number of nitrogens with zero attached hydrogens (tertiary/aromatic N) is 3. The number of halogens is 2. The van der Waals surface area contributed by atoms with Gasteiger partial charge in [-0.15, -0.1) is 0 Å². The molecule has 1 aromatic heterocycles. The summed E-state index contributed by atoms with van der Waals surface area (Å²) in [5, 5.41) is 4.72. The van der Waals surface area contributed by atoms with E-state index in [4.69, 9.17) is 11.6 Å². The molecule has 0 spiro atoms. The lowest BCUT2D eigenvalue weighted by Gasteiger charge is -2.34. The van der Waals surface area contributed by atoms with E-state index in [9.17, 15) is 9.59 Å². The van der Waals surface area contributed by atoms with E-state index in [1.54, 1.807) is 11.8 Å². The molecule has 6 nitrogen and oxygen atoms in total. The Morgan fingerprint density at radius 2 is 1.88 bits per heavy atom. The number of hydrogen-bond donors (Lipinski definition) is 1. The average Bonchev–Trinajstić information content (AvgIpc) is 2.62. The normalized spacial score (nSPS) is 14.6. The van der Waals surface area contributed by atoms with Crippen LogP contribution in [0.4, 0.5) is 5.82 Å². The van der Waals surface area contributed by atoms with Crippen molar-refractivity contribution in [2.45, 2.75) is 13.3 Å². The number of nitrogens with one attached hydrogen (secondary N) is 1. The summed E-state index contributed by atoms with van der Waals surface area (Å²) in [5.74, 6) is 0.839. The van der Waals surface area contributed by atoms with E-state index in [1.807, 2.05) is 29.2 Å². The van der Waals surface area contributed by atoms with Crippen LogP contribution in [0.15, 0.2) is 28.7 Å². The van der Waals surface area contributed by atoms with Gasteiger partial charge in [0.2, 0.25) is 11.8 Å². The van der Waals surface area contributed by atoms with E-state index in [1.165, 1.54) is 0 Å². The summed E-state index contributed by atoms with van der Waals surface area (Å²) in [7, 11) is 0. The summed E-state index contributed by atoms with van der Waals surface area (Å²) in [6.07, 6.45) is 0.383. The Bertz CT molecular complexity index is 837. The molecule has 0 saturated carbocycles. The molecule has 2 aromatic rings. The molecule has 3 rings (SSSR count). The Morgan fingerprint density at radius 1 is 1.19 bits per heavy atom. The quantitative estimate of drug-likeness (QED) is 0.795. The van der Waals surface area contributed by atoms with Gasteiger partial charge in [0.15, 0.2) is 0 Å². The molecule has 0 bridgehead atoms. The van der Waals surface area contributed by atoms with Crippen LogP contribution in [0.25, 0.3) is 10.9 Å². The molecule has 1 aliphatic heterocycles. The summed E-state index contributed by atoms with van der Waals surface area (Å²) >= 11 is 9.66. The Morgan fingerprint density at radius 3 is 2.58 bits per heavy atom. The lowest BCUT2D eigenvalue weighted by Crippen LogP contribution is -2.50. The van der Waals surface area contributed by atoms with Gasteiger partial charge in [0.25, 0.3) is 0 Å². The Balaban J connectivity index is 1.53. The van der Waals surface area contributed by atoms with Crippen molar-refractivity contribution in [1.82, 2.24) is 14.8 Å². The standard InChI is InChI=1S/C18H20BrClN4O2/c1-12(25)23-6-8-24(9-7-23)17(26)4-5-21-16-3-2-13-10-14(19)11-15(20)18(13)22-16/h2-3,10-11H,4-9H2,1H3,(H,21,22). The zero-order valence-electron chi connectivity index (χ0n) is 14.5. The summed E-state index contributed by atoms with van der Waals surface area (Å²) in [6, 6.07) is 7.60. The van der Waals surface area contributed by atoms with E-state index in [0.717, 1.165) is 15.4 Å². The number of hydrogen-bond acceptors (Lipinski definition) is 4. The van der Waals surface area contributed by atoms with Crippen molar-refractivity contribution in [2.75, 3.05) is 38.0 Å². The average molecular weight is 440 g/mol. The van der Waals surface area contributed by atoms with Gasteiger partial charge in [-0.2, -0.15) is 0 Å². The Hall–Kier alpha value is -1.86. The number of rotatable bonds is 4. The molecule has 0 unspecified atom stereocenters. The van der Waals surface area contributed by atoms with Crippen molar-refractivity contribution in [3.63, 3.8) is 0 Å². The van der Waals surface area contributed by atoms with Crippen molar-refractivity contribution in [1.29, 1.82) is 0 Å². The first-order chi connectivity index (χ1) is 12.4. The maximum Gasteiger partial charge on any atom is 0.224 e. The number of amides is 2. The maximum absolute atomic E-state index is 12.3. The predicted molar refractivity (Wildman–Crippen MR) is 106 cm³/mol. The Labute approximate surface area is 165 Å². The number of carbonyl (C=O) groups is 2. The van der Waals surface area contributed by atoms with Crippen molar-refractivity contribution in [3.8, 4) is 0 Å². The molecule has 1 saturated heterocycles. The highest BCUT2D eigenvalue weighted by Gasteiger charge is 2.21. The van der Waals surface area contributed by atoms with Gasteiger partial charge in [0, 0.05) is 55.9 Å². The zero-order valence-corrected chi connectivity index (χ0v) is 16.8. The number of piperazine rings is 1. The molecule has 1 N–H and O–H groups in total. The third-order valence-electron chi connectivity index (χ3n) is 4.43. The zero-order chi connectivity index (χ0) is 18.7. The van der Waals surface area contributed by atoms with Gasteiger partial charge in [-0.05, 0) is 24.3 Å². The molecule has 2 heterocycles. The van der Waals surface area contributed by atoms with Crippen LogP contribution in [0.1, 0.15) is 13.3 Å². The third kappa shape index (κ3) is 4.45. The topological polar surface area (TPSA) is 65.5 Å². The molecule has 1 aromatic carbocycles. The largest absolute Gasteiger partial charge is 0.370 e. The number of carbonyl (C=O) groups excluding carboxylic acids is 2. The lowest BCUT2D eigenvalue weighted by atomic mass is 10.2. The third-order valence-corrected chi connectivity index (χ3v) is 5.18. The van der Waals surface area contributed by atoms with Crippen LogP contribution in [-0.4, -0.2) is 59.3 Å². The maximum atomic E-state index is 12.3. The lowest BCUT2D eigenvalue weighted by molar-refractivity contribution is -0.138. The second-order valence-corrected chi connectivity index (χ2v) is 7.54. The van der Waals surface area contributed by atoms with Gasteiger partial charge in [0.1, 0.15) is 5.82 Å². The van der Waals surface area contributed by atoms with E-state index in [-0.39, 0.29) is 11.8 Å². The number of fused-ring (bicyclic) bond motifs is 1. The summed E-state index contributed by atoms with van der Waals surface area (Å²) in [5.41, 5.74) is 0.728. The van der Waals surface area contributed by atoms with Gasteiger partial charge >= 0.3 is 0 Å². The highest BCUT2D eigenvalue weighted by Crippen LogP contribution is 2.27. The molecule has 0 radical (unpaired) electrons. The van der Waals surface area contributed by atoms with E-state index in [2.05, 4.69) is 26.2 Å². The highest BCUT2D eigenvalue weighted by molar-refractivity contribution is 9.10. The molecule has 1 aliphatic rings. The smallest absolute Gasteiger partial charge is 0.224 e. The van der Waals surface area contributed by atoms with Crippen LogP contribution < -0.4 is 5.32 Å². The second-order valence-electron chi connectivity index (χ2n) is 6.22. The molecule has 1 fully saturated rings. The Kier molecular flexibility index (Phi) is 5.98. The van der Waals surface area contributed by atoms with E-state index >= 15 is 0 Å². The summed E-state index contributed by atoms with van der Waals surface area (Å²) in [6.45, 7) is 4.46. The number of anilines is 1. The van der Waals surface area contributed by atoms with Crippen molar-refractivity contribution in [2.24, 2.45) is 0 Å². The van der Waals surface area contributed by atoms with Gasteiger partial charge in [-0.25, -0.2) is 4.98 Å². The van der Waals surface area contributed by atoms with Crippen LogP contribution >= 0.6 is 27.5 Å². The molecule has 26 heavy (non-hydrogen) atoms. The summed E-state index contributed by atoms with van der Waals surface area (Å²) < 4.78 is 0.910. The number of benzene rings is 1. The molecule has 138 valence electrons. The summed E-state index contributed by atoms with van der Waals surface area (Å²) in [4.78, 5) is 31.7. The van der Waals surface area contributed by atoms with Crippen molar-refractivity contribution >= 4 is 56.1 Å². The minimum atomic E-state index is 0.0619. The van der Waals surface area contributed by atoms with Gasteiger partial charge in [-0.1, -0.05) is 27.5 Å². The fourth-order valence-corrected chi connectivity index (χ4v) is 3.86. The van der Waals surface area contributed by atoms with Crippen LogP contribution in [-0.2, 0) is 9.59 Å². The molecule has 0 atom stereocenters. The molecular weight excluding hydrogens is 420 g/mol. The highest BCUT2D eigenvalue weighted by atomic mass is 79.9. The first kappa shape index (κ1) is 18.9. The number of pyridine rings is 1. The van der Waals surface area contributed by atoms with E-state index < -0.39 is 0 Å². The molecular formula is C18H20BrClN4O2. The molecule has 2 amide bonds. The molecule has 8 heteroatoms. The van der Waals surface area contributed by atoms with Crippen LogP contribution in [0.5, 0.6) is 0 Å². The van der Waals surface area contributed by atoms with Crippen molar-refractivity contribution in [3.05, 3.63) is 33.8 Å². The number of aromatic nitrogens is 1.